The molecule has 2 rings (SSSR count). The fraction of sp³-hybridized carbons (Fsp3) is 0.500. The molecule has 2 atom stereocenters. The fourth-order valence-corrected chi connectivity index (χ4v) is 2.50. The third kappa shape index (κ3) is 2.70. The van der Waals surface area contributed by atoms with Crippen molar-refractivity contribution in [2.75, 3.05) is 13.7 Å². The minimum absolute atomic E-state index is 0.00299. The first-order valence-corrected chi connectivity index (χ1v) is 6.23. The molecular weight excluding hydrogens is 233 g/mol. The summed E-state index contributed by atoms with van der Waals surface area (Å²) < 4.78 is 18.4. The van der Waals surface area contributed by atoms with Crippen molar-refractivity contribution >= 4 is 5.97 Å². The average Bonchev–Trinajstić information content (AvgIpc) is 2.37. The third-order valence-corrected chi connectivity index (χ3v) is 3.49. The van der Waals surface area contributed by atoms with Crippen molar-refractivity contribution < 1.29 is 13.9 Å². The molecule has 1 aromatic carbocycles. The van der Waals surface area contributed by atoms with Crippen LogP contribution >= 0.6 is 0 Å². The number of methoxy groups -OCH3 is 1. The van der Waals surface area contributed by atoms with Crippen molar-refractivity contribution in [3.63, 3.8) is 0 Å². The van der Waals surface area contributed by atoms with Gasteiger partial charge in [-0.2, -0.15) is 0 Å². The molecule has 1 heterocycles. The lowest BCUT2D eigenvalue weighted by molar-refractivity contribution is 0.0595. The third-order valence-electron chi connectivity index (χ3n) is 3.49. The van der Waals surface area contributed by atoms with E-state index in [0.29, 0.717) is 12.0 Å². The molecule has 1 aliphatic heterocycles. The molecule has 98 valence electrons. The predicted octanol–water partition coefficient (Wildman–Crippen LogP) is 2.47. The van der Waals surface area contributed by atoms with E-state index in [0.717, 1.165) is 24.9 Å². The van der Waals surface area contributed by atoms with Crippen LogP contribution in [0.3, 0.4) is 0 Å². The monoisotopic (exact) mass is 251 g/mol. The number of halogens is 1. The number of esters is 1. The average molecular weight is 251 g/mol. The molecule has 0 spiro atoms. The fourth-order valence-electron chi connectivity index (χ4n) is 2.50. The minimum Gasteiger partial charge on any atom is -0.465 e. The summed E-state index contributed by atoms with van der Waals surface area (Å²) in [5.41, 5.74) is 0.969. The summed E-state index contributed by atoms with van der Waals surface area (Å²) in [5, 5.41) is 3.37. The summed E-state index contributed by atoms with van der Waals surface area (Å²) in [5.74, 6) is -0.759. The van der Waals surface area contributed by atoms with E-state index >= 15 is 0 Å². The van der Waals surface area contributed by atoms with E-state index in [-0.39, 0.29) is 5.56 Å². The van der Waals surface area contributed by atoms with Gasteiger partial charge in [-0.15, -0.1) is 0 Å². The number of benzene rings is 1. The Morgan fingerprint density at radius 3 is 2.89 bits per heavy atom. The summed E-state index contributed by atoms with van der Waals surface area (Å²) in [4.78, 5) is 11.3. The highest BCUT2D eigenvalue weighted by Crippen LogP contribution is 2.28. The molecule has 1 fully saturated rings. The van der Waals surface area contributed by atoms with E-state index < -0.39 is 11.8 Å². The number of carbonyl (C=O) groups is 1. The maximum Gasteiger partial charge on any atom is 0.340 e. The number of nitrogens with one attached hydrogen (secondary N) is 1. The maximum absolute atomic E-state index is 13.8. The van der Waals surface area contributed by atoms with Gasteiger partial charge in [0.1, 0.15) is 5.82 Å². The van der Waals surface area contributed by atoms with Crippen LogP contribution in [0.15, 0.2) is 18.2 Å². The molecule has 4 heteroatoms. The van der Waals surface area contributed by atoms with Crippen LogP contribution in [0.2, 0.25) is 0 Å². The first-order valence-electron chi connectivity index (χ1n) is 6.23. The molecule has 18 heavy (non-hydrogen) atoms. The molecule has 1 N–H and O–H groups in total. The SMILES string of the molecule is COC(=O)c1ccc(C2CCN[C@H](C)C2)cc1F. The van der Waals surface area contributed by atoms with Crippen molar-refractivity contribution in [3.05, 3.63) is 35.1 Å². The molecular formula is C14H18FNO2. The van der Waals surface area contributed by atoms with Crippen molar-refractivity contribution in [1.82, 2.24) is 5.32 Å². The van der Waals surface area contributed by atoms with Crippen LogP contribution in [-0.4, -0.2) is 25.7 Å². The van der Waals surface area contributed by atoms with Gasteiger partial charge in [-0.25, -0.2) is 9.18 Å². The van der Waals surface area contributed by atoms with Gasteiger partial charge in [-0.3, -0.25) is 0 Å². The molecule has 0 radical (unpaired) electrons. The van der Waals surface area contributed by atoms with Gasteiger partial charge >= 0.3 is 5.97 Å². The highest BCUT2D eigenvalue weighted by molar-refractivity contribution is 5.89. The zero-order chi connectivity index (χ0) is 13.1. The Morgan fingerprint density at radius 2 is 2.28 bits per heavy atom. The van der Waals surface area contributed by atoms with Gasteiger partial charge in [0, 0.05) is 6.04 Å². The Labute approximate surface area is 106 Å². The van der Waals surface area contributed by atoms with E-state index in [2.05, 4.69) is 17.0 Å². The van der Waals surface area contributed by atoms with Gasteiger partial charge < -0.3 is 10.1 Å². The topological polar surface area (TPSA) is 38.3 Å². The Kier molecular flexibility index (Phi) is 3.97. The van der Waals surface area contributed by atoms with E-state index in [9.17, 15) is 9.18 Å². The standard InChI is InChI=1S/C14H18FNO2/c1-9-7-11(5-6-16-9)10-3-4-12(13(15)8-10)14(17)18-2/h3-4,8-9,11,16H,5-7H2,1-2H3/t9-,11?/m1/s1. The zero-order valence-corrected chi connectivity index (χ0v) is 10.7. The lowest BCUT2D eigenvalue weighted by atomic mass is 9.86. The highest BCUT2D eigenvalue weighted by Gasteiger charge is 2.21. The zero-order valence-electron chi connectivity index (χ0n) is 10.7. The Bertz CT molecular complexity index is 447. The summed E-state index contributed by atoms with van der Waals surface area (Å²) in [6.45, 7) is 3.08. The minimum atomic E-state index is -0.627. The van der Waals surface area contributed by atoms with Crippen LogP contribution in [0.1, 0.15) is 41.6 Å². The van der Waals surface area contributed by atoms with Gasteiger partial charge in [0.15, 0.2) is 0 Å². The number of piperidine rings is 1. The van der Waals surface area contributed by atoms with Gasteiger partial charge in [-0.05, 0) is 49.9 Å². The number of ether oxygens (including phenoxy) is 1. The van der Waals surface area contributed by atoms with Crippen LogP contribution in [-0.2, 0) is 4.74 Å². The van der Waals surface area contributed by atoms with E-state index in [4.69, 9.17) is 0 Å². The van der Waals surface area contributed by atoms with Crippen LogP contribution in [0.25, 0.3) is 0 Å². The summed E-state index contributed by atoms with van der Waals surface area (Å²) in [6, 6.07) is 5.27. The molecule has 0 aromatic heterocycles. The second-order valence-corrected chi connectivity index (χ2v) is 4.81. The second kappa shape index (κ2) is 5.48. The molecule has 1 unspecified atom stereocenters. The van der Waals surface area contributed by atoms with Crippen LogP contribution in [0, 0.1) is 5.82 Å². The van der Waals surface area contributed by atoms with Crippen molar-refractivity contribution in [2.45, 2.75) is 31.7 Å². The number of rotatable bonds is 2. The van der Waals surface area contributed by atoms with E-state index in [1.54, 1.807) is 0 Å². The quantitative estimate of drug-likeness (QED) is 0.821. The van der Waals surface area contributed by atoms with Gasteiger partial charge in [-0.1, -0.05) is 6.07 Å². The molecule has 1 aliphatic rings. The van der Waals surface area contributed by atoms with Crippen molar-refractivity contribution in [2.24, 2.45) is 0 Å². The Morgan fingerprint density at radius 1 is 1.50 bits per heavy atom. The Balaban J connectivity index is 2.20. The normalized spacial score (nSPS) is 23.7. The largest absolute Gasteiger partial charge is 0.465 e. The summed E-state index contributed by atoms with van der Waals surface area (Å²) in [6.07, 6.45) is 2.00. The van der Waals surface area contributed by atoms with E-state index in [1.165, 1.54) is 19.2 Å². The van der Waals surface area contributed by atoms with Crippen molar-refractivity contribution in [3.8, 4) is 0 Å². The first-order chi connectivity index (χ1) is 8.61. The lowest BCUT2D eigenvalue weighted by Gasteiger charge is -2.28. The summed E-state index contributed by atoms with van der Waals surface area (Å²) in [7, 11) is 1.25. The van der Waals surface area contributed by atoms with Crippen LogP contribution in [0.4, 0.5) is 4.39 Å². The molecule has 0 aliphatic carbocycles. The smallest absolute Gasteiger partial charge is 0.340 e. The highest BCUT2D eigenvalue weighted by atomic mass is 19.1. The predicted molar refractivity (Wildman–Crippen MR) is 67.2 cm³/mol. The van der Waals surface area contributed by atoms with Gasteiger partial charge in [0.2, 0.25) is 0 Å². The number of carbonyl (C=O) groups excluding carboxylic acids is 1. The van der Waals surface area contributed by atoms with Crippen LogP contribution < -0.4 is 5.32 Å². The van der Waals surface area contributed by atoms with E-state index in [1.807, 2.05) is 6.07 Å². The number of hydrogen-bond donors (Lipinski definition) is 1. The molecule has 0 amide bonds. The molecule has 0 saturated carbocycles. The van der Waals surface area contributed by atoms with Crippen molar-refractivity contribution in [1.29, 1.82) is 0 Å². The molecule has 3 nitrogen and oxygen atoms in total. The maximum atomic E-state index is 13.8. The molecule has 1 saturated heterocycles. The lowest BCUT2D eigenvalue weighted by Crippen LogP contribution is -2.34. The van der Waals surface area contributed by atoms with Gasteiger partial charge in [0.05, 0.1) is 12.7 Å². The second-order valence-electron chi connectivity index (χ2n) is 4.81. The van der Waals surface area contributed by atoms with Crippen LogP contribution in [0.5, 0.6) is 0 Å². The molecule has 1 aromatic rings. The van der Waals surface area contributed by atoms with Gasteiger partial charge in [0.25, 0.3) is 0 Å². The number of hydrogen-bond acceptors (Lipinski definition) is 3. The summed E-state index contributed by atoms with van der Waals surface area (Å²) >= 11 is 0. The molecule has 0 bridgehead atoms. The first kappa shape index (κ1) is 13.0. The Hall–Kier alpha value is -1.42.